The van der Waals surface area contributed by atoms with Gasteiger partial charge in [-0.1, -0.05) is 0 Å². The van der Waals surface area contributed by atoms with E-state index >= 15 is 0 Å². The van der Waals surface area contributed by atoms with Crippen molar-refractivity contribution in [3.8, 4) is 0 Å². The first-order valence-corrected chi connectivity index (χ1v) is 7.54. The molecule has 1 saturated heterocycles. The van der Waals surface area contributed by atoms with Crippen LogP contribution in [0.25, 0.3) is 0 Å². The van der Waals surface area contributed by atoms with Crippen LogP contribution in [-0.4, -0.2) is 64.8 Å². The third-order valence-corrected chi connectivity index (χ3v) is 3.55. The number of hydrogen-bond donors (Lipinski definition) is 1. The molecule has 0 bridgehead atoms. The lowest BCUT2D eigenvalue weighted by Gasteiger charge is -2.32. The number of nitrogens with zero attached hydrogens (tertiary/aromatic N) is 5. The van der Waals surface area contributed by atoms with Gasteiger partial charge in [0.1, 0.15) is 6.10 Å². The Balaban J connectivity index is 1.67. The normalized spacial score (nSPS) is 18.7. The Morgan fingerprint density at radius 1 is 1.35 bits per heavy atom. The van der Waals surface area contributed by atoms with Crippen molar-refractivity contribution in [1.82, 2.24) is 24.8 Å². The van der Waals surface area contributed by atoms with Crippen LogP contribution in [0, 0.1) is 0 Å². The van der Waals surface area contributed by atoms with Crippen molar-refractivity contribution in [3.63, 3.8) is 0 Å². The minimum atomic E-state index is -0.0912. The molecular formula is C15H20N6O2. The van der Waals surface area contributed by atoms with Gasteiger partial charge in [-0.25, -0.2) is 15.0 Å². The first-order valence-electron chi connectivity index (χ1n) is 7.54. The molecule has 1 unspecified atom stereocenters. The third kappa shape index (κ3) is 4.41. The SMILES string of the molecule is COCCN1CCOC(c2cncc(Nc3ncccn3)n2)C1. The fourth-order valence-corrected chi connectivity index (χ4v) is 2.38. The maximum absolute atomic E-state index is 5.84. The number of methoxy groups -OCH3 is 1. The van der Waals surface area contributed by atoms with Crippen LogP contribution in [0.1, 0.15) is 11.8 Å². The molecule has 8 heteroatoms. The Labute approximate surface area is 134 Å². The zero-order chi connectivity index (χ0) is 15.9. The number of nitrogens with one attached hydrogen (secondary N) is 1. The van der Waals surface area contributed by atoms with Crippen molar-refractivity contribution < 1.29 is 9.47 Å². The van der Waals surface area contributed by atoms with Gasteiger partial charge in [0.2, 0.25) is 5.95 Å². The van der Waals surface area contributed by atoms with E-state index in [-0.39, 0.29) is 6.10 Å². The van der Waals surface area contributed by atoms with Gasteiger partial charge in [0.15, 0.2) is 5.82 Å². The Morgan fingerprint density at radius 2 is 2.22 bits per heavy atom. The molecule has 0 amide bonds. The summed E-state index contributed by atoms with van der Waals surface area (Å²) < 4.78 is 11.0. The minimum absolute atomic E-state index is 0.0912. The maximum Gasteiger partial charge on any atom is 0.228 e. The highest BCUT2D eigenvalue weighted by molar-refractivity contribution is 5.45. The van der Waals surface area contributed by atoms with Gasteiger partial charge in [0.05, 0.1) is 31.3 Å². The Morgan fingerprint density at radius 3 is 3.04 bits per heavy atom. The van der Waals surface area contributed by atoms with Gasteiger partial charge in [-0.15, -0.1) is 0 Å². The topological polar surface area (TPSA) is 85.3 Å². The molecule has 23 heavy (non-hydrogen) atoms. The zero-order valence-corrected chi connectivity index (χ0v) is 13.1. The Hall–Kier alpha value is -2.16. The minimum Gasteiger partial charge on any atom is -0.383 e. The van der Waals surface area contributed by atoms with Crippen LogP contribution in [0.3, 0.4) is 0 Å². The van der Waals surface area contributed by atoms with Crippen LogP contribution >= 0.6 is 0 Å². The average molecular weight is 316 g/mol. The van der Waals surface area contributed by atoms with Crippen molar-refractivity contribution >= 4 is 11.8 Å². The molecule has 0 aliphatic carbocycles. The highest BCUT2D eigenvalue weighted by Gasteiger charge is 2.23. The van der Waals surface area contributed by atoms with Gasteiger partial charge < -0.3 is 14.8 Å². The standard InChI is InChI=1S/C15H20N6O2/c1-22-7-5-21-6-8-23-13(11-21)12-9-16-10-14(19-12)20-15-17-3-2-4-18-15/h2-4,9-10,13H,5-8,11H2,1H3,(H,17,18,19,20). The lowest BCUT2D eigenvalue weighted by Crippen LogP contribution is -2.40. The summed E-state index contributed by atoms with van der Waals surface area (Å²) in [5.41, 5.74) is 0.799. The lowest BCUT2D eigenvalue weighted by molar-refractivity contribution is -0.0376. The number of aromatic nitrogens is 4. The number of morpholine rings is 1. The van der Waals surface area contributed by atoms with Crippen molar-refractivity contribution in [3.05, 3.63) is 36.5 Å². The summed E-state index contributed by atoms with van der Waals surface area (Å²) in [6, 6.07) is 1.76. The third-order valence-electron chi connectivity index (χ3n) is 3.55. The van der Waals surface area contributed by atoms with E-state index < -0.39 is 0 Å². The maximum atomic E-state index is 5.84. The van der Waals surface area contributed by atoms with E-state index in [2.05, 4.69) is 30.2 Å². The summed E-state index contributed by atoms with van der Waals surface area (Å²) in [7, 11) is 1.71. The fraction of sp³-hybridized carbons (Fsp3) is 0.467. The van der Waals surface area contributed by atoms with Gasteiger partial charge in [-0.2, -0.15) is 0 Å². The highest BCUT2D eigenvalue weighted by Crippen LogP contribution is 2.21. The number of rotatable bonds is 6. The van der Waals surface area contributed by atoms with Crippen LogP contribution in [-0.2, 0) is 9.47 Å². The van der Waals surface area contributed by atoms with Crippen LogP contribution < -0.4 is 5.32 Å². The van der Waals surface area contributed by atoms with E-state index in [4.69, 9.17) is 9.47 Å². The summed E-state index contributed by atoms with van der Waals surface area (Å²) in [5.74, 6) is 1.09. The van der Waals surface area contributed by atoms with E-state index in [9.17, 15) is 0 Å². The quantitative estimate of drug-likeness (QED) is 0.846. The molecule has 0 saturated carbocycles. The molecule has 1 aliphatic heterocycles. The van der Waals surface area contributed by atoms with Gasteiger partial charge in [0.25, 0.3) is 0 Å². The van der Waals surface area contributed by atoms with Crippen LogP contribution in [0.2, 0.25) is 0 Å². The summed E-state index contributed by atoms with van der Waals surface area (Å²) in [6.45, 7) is 3.97. The Bertz CT molecular complexity index is 612. The van der Waals surface area contributed by atoms with Crippen molar-refractivity contribution in [2.24, 2.45) is 0 Å². The highest BCUT2D eigenvalue weighted by atomic mass is 16.5. The number of ether oxygens (including phenoxy) is 2. The molecule has 3 heterocycles. The predicted octanol–water partition coefficient (Wildman–Crippen LogP) is 1.03. The largest absolute Gasteiger partial charge is 0.383 e. The second kappa shape index (κ2) is 7.91. The smallest absolute Gasteiger partial charge is 0.228 e. The van der Waals surface area contributed by atoms with Gasteiger partial charge in [-0.3, -0.25) is 9.88 Å². The van der Waals surface area contributed by atoms with Crippen LogP contribution in [0.4, 0.5) is 11.8 Å². The summed E-state index contributed by atoms with van der Waals surface area (Å²) >= 11 is 0. The summed E-state index contributed by atoms with van der Waals surface area (Å²) in [6.07, 6.45) is 6.63. The molecular weight excluding hydrogens is 296 g/mol. The summed E-state index contributed by atoms with van der Waals surface area (Å²) in [4.78, 5) is 19.4. The molecule has 0 spiro atoms. The van der Waals surface area contributed by atoms with Crippen LogP contribution in [0.15, 0.2) is 30.9 Å². The first-order chi connectivity index (χ1) is 11.3. The molecule has 1 atom stereocenters. The molecule has 2 aromatic heterocycles. The number of hydrogen-bond acceptors (Lipinski definition) is 8. The van der Waals surface area contributed by atoms with E-state index in [1.807, 2.05) is 0 Å². The van der Waals surface area contributed by atoms with E-state index in [0.717, 1.165) is 25.3 Å². The monoisotopic (exact) mass is 316 g/mol. The molecule has 122 valence electrons. The van der Waals surface area contributed by atoms with Crippen molar-refractivity contribution in [2.75, 3.05) is 45.3 Å². The molecule has 0 radical (unpaired) electrons. The van der Waals surface area contributed by atoms with Gasteiger partial charge >= 0.3 is 0 Å². The van der Waals surface area contributed by atoms with Gasteiger partial charge in [-0.05, 0) is 6.07 Å². The Kier molecular flexibility index (Phi) is 5.41. The molecule has 2 aromatic rings. The fourth-order valence-electron chi connectivity index (χ4n) is 2.38. The molecule has 8 nitrogen and oxygen atoms in total. The second-order valence-corrected chi connectivity index (χ2v) is 5.18. The molecule has 1 fully saturated rings. The van der Waals surface area contributed by atoms with E-state index in [1.54, 1.807) is 38.0 Å². The van der Waals surface area contributed by atoms with E-state index in [0.29, 0.717) is 25.0 Å². The average Bonchev–Trinajstić information content (AvgIpc) is 2.61. The molecule has 0 aromatic carbocycles. The van der Waals surface area contributed by atoms with Gasteiger partial charge in [0, 0.05) is 39.1 Å². The zero-order valence-electron chi connectivity index (χ0n) is 13.1. The van der Waals surface area contributed by atoms with Crippen LogP contribution in [0.5, 0.6) is 0 Å². The first kappa shape index (κ1) is 15.7. The second-order valence-electron chi connectivity index (χ2n) is 5.18. The number of anilines is 2. The van der Waals surface area contributed by atoms with Crippen molar-refractivity contribution in [2.45, 2.75) is 6.10 Å². The molecule has 1 aliphatic rings. The molecule has 1 N–H and O–H groups in total. The van der Waals surface area contributed by atoms with E-state index in [1.165, 1.54) is 0 Å². The predicted molar refractivity (Wildman–Crippen MR) is 84.4 cm³/mol. The summed E-state index contributed by atoms with van der Waals surface area (Å²) in [5, 5.41) is 3.04. The lowest BCUT2D eigenvalue weighted by atomic mass is 10.2. The van der Waals surface area contributed by atoms with Crippen molar-refractivity contribution in [1.29, 1.82) is 0 Å². The molecule has 3 rings (SSSR count).